The Morgan fingerprint density at radius 3 is 2.18 bits per heavy atom. The third-order valence-electron chi connectivity index (χ3n) is 4.06. The molecule has 2 rings (SSSR count). The minimum atomic E-state index is -0.875. The lowest BCUT2D eigenvalue weighted by atomic mass is 9.94. The summed E-state index contributed by atoms with van der Waals surface area (Å²) in [5.41, 5.74) is -0.592. The van der Waals surface area contributed by atoms with E-state index < -0.39 is 5.97 Å². The minimum Gasteiger partial charge on any atom is -0.481 e. The summed E-state index contributed by atoms with van der Waals surface area (Å²) in [5, 5.41) is 27.4. The van der Waals surface area contributed by atoms with Crippen LogP contribution < -0.4 is 5.32 Å². The van der Waals surface area contributed by atoms with Crippen molar-refractivity contribution < 1.29 is 14.7 Å². The van der Waals surface area contributed by atoms with E-state index in [1.807, 2.05) is 13.8 Å². The van der Waals surface area contributed by atoms with Crippen molar-refractivity contribution in [3.63, 3.8) is 0 Å². The van der Waals surface area contributed by atoms with E-state index in [0.717, 1.165) is 12.8 Å². The van der Waals surface area contributed by atoms with Gasteiger partial charge in [-0.3, -0.25) is 9.59 Å². The number of hydrogen-bond donors (Lipinski definition) is 2. The number of nitrogens with zero attached hydrogens (tertiary/aromatic N) is 4. The summed E-state index contributed by atoms with van der Waals surface area (Å²) >= 11 is 0. The summed E-state index contributed by atoms with van der Waals surface area (Å²) in [4.78, 5) is 23.0. The number of aliphatic carboxylic acids is 1. The van der Waals surface area contributed by atoms with E-state index in [1.165, 1.54) is 0 Å². The van der Waals surface area contributed by atoms with Crippen LogP contribution in [0.15, 0.2) is 20.5 Å². The molecular weight excluding hydrogens is 286 g/mol. The van der Waals surface area contributed by atoms with Crippen LogP contribution in [0, 0.1) is 5.92 Å². The molecule has 2 N–H and O–H groups in total. The monoisotopic (exact) mass is 309 g/mol. The molecule has 8 nitrogen and oxygen atoms in total. The topological polar surface area (TPSA) is 116 Å². The first-order chi connectivity index (χ1) is 10.3. The lowest BCUT2D eigenvalue weighted by molar-refractivity contribution is -0.137. The molecule has 1 atom stereocenters. The molecular formula is C14H23N5O3. The number of carbonyl (C=O) groups is 2. The first-order valence-electron chi connectivity index (χ1n) is 7.70. The molecule has 0 aliphatic carbocycles. The summed E-state index contributed by atoms with van der Waals surface area (Å²) in [5.74, 6) is -1.24. The number of hydrogen-bond acceptors (Lipinski definition) is 6. The second-order valence-corrected chi connectivity index (χ2v) is 6.40. The van der Waals surface area contributed by atoms with E-state index in [1.54, 1.807) is 0 Å². The van der Waals surface area contributed by atoms with Gasteiger partial charge < -0.3 is 10.4 Å². The lowest BCUT2D eigenvalue weighted by Gasteiger charge is -2.17. The van der Waals surface area contributed by atoms with E-state index in [-0.39, 0.29) is 29.6 Å². The zero-order valence-corrected chi connectivity index (χ0v) is 13.1. The highest BCUT2D eigenvalue weighted by Gasteiger charge is 2.34. The standard InChI is InChI=1S/C14H23N5O3/c1-13(16-17-13)7-3-4-10(5-6-11(20)21)12(22)15-9-8-14(2)18-19-14/h10H,3-9H2,1-2H3,(H,15,22)(H,20,21)/t10-/m0/s1. The average molecular weight is 309 g/mol. The number of carboxylic acids is 1. The maximum atomic E-state index is 12.2. The summed E-state index contributed by atoms with van der Waals surface area (Å²) in [6.45, 7) is 4.36. The molecule has 2 aliphatic rings. The van der Waals surface area contributed by atoms with Crippen LogP contribution in [0.25, 0.3) is 0 Å². The Bertz CT molecular complexity index is 491. The summed E-state index contributed by atoms with van der Waals surface area (Å²) in [7, 11) is 0. The van der Waals surface area contributed by atoms with Crippen molar-refractivity contribution in [2.75, 3.05) is 6.54 Å². The van der Waals surface area contributed by atoms with Crippen molar-refractivity contribution in [1.82, 2.24) is 5.32 Å². The highest BCUT2D eigenvalue weighted by Crippen LogP contribution is 2.33. The van der Waals surface area contributed by atoms with Crippen molar-refractivity contribution >= 4 is 11.9 Å². The largest absolute Gasteiger partial charge is 0.481 e. The van der Waals surface area contributed by atoms with Gasteiger partial charge in [0.05, 0.1) is 0 Å². The Kier molecular flexibility index (Phi) is 4.87. The predicted molar refractivity (Wildman–Crippen MR) is 78.4 cm³/mol. The third-order valence-corrected chi connectivity index (χ3v) is 4.06. The van der Waals surface area contributed by atoms with Gasteiger partial charge in [0.2, 0.25) is 5.91 Å². The molecule has 0 aromatic heterocycles. The number of carbonyl (C=O) groups excluding carboxylic acids is 1. The van der Waals surface area contributed by atoms with Crippen LogP contribution in [-0.4, -0.2) is 34.9 Å². The molecule has 0 saturated heterocycles. The third kappa shape index (κ3) is 5.50. The van der Waals surface area contributed by atoms with E-state index in [9.17, 15) is 9.59 Å². The van der Waals surface area contributed by atoms with Gasteiger partial charge in [-0.2, -0.15) is 20.5 Å². The van der Waals surface area contributed by atoms with Crippen molar-refractivity contribution in [3.05, 3.63) is 0 Å². The molecule has 0 fully saturated rings. The molecule has 8 heteroatoms. The molecule has 0 saturated carbocycles. The maximum absolute atomic E-state index is 12.2. The highest BCUT2D eigenvalue weighted by atomic mass is 16.4. The molecule has 2 heterocycles. The minimum absolute atomic E-state index is 0.00643. The van der Waals surface area contributed by atoms with Crippen LogP contribution in [0.2, 0.25) is 0 Å². The van der Waals surface area contributed by atoms with Crippen LogP contribution >= 0.6 is 0 Å². The fourth-order valence-corrected chi connectivity index (χ4v) is 2.33. The highest BCUT2D eigenvalue weighted by molar-refractivity contribution is 5.79. The molecule has 2 aliphatic heterocycles. The second kappa shape index (κ2) is 6.50. The van der Waals surface area contributed by atoms with E-state index in [4.69, 9.17) is 5.11 Å². The van der Waals surface area contributed by atoms with Crippen molar-refractivity contribution in [3.8, 4) is 0 Å². The second-order valence-electron chi connectivity index (χ2n) is 6.40. The molecule has 0 bridgehead atoms. The van der Waals surface area contributed by atoms with Crippen LogP contribution in [-0.2, 0) is 9.59 Å². The van der Waals surface area contributed by atoms with Crippen molar-refractivity contribution in [2.24, 2.45) is 26.4 Å². The Morgan fingerprint density at radius 1 is 1.05 bits per heavy atom. The summed E-state index contributed by atoms with van der Waals surface area (Å²) in [6.07, 6.45) is 3.32. The number of nitrogens with one attached hydrogen (secondary N) is 1. The van der Waals surface area contributed by atoms with E-state index >= 15 is 0 Å². The Labute approximate surface area is 129 Å². The average Bonchev–Trinajstić information content (AvgIpc) is 3.34. The zero-order chi connectivity index (χ0) is 16.2. The quantitative estimate of drug-likeness (QED) is 0.610. The van der Waals surface area contributed by atoms with Crippen molar-refractivity contribution in [2.45, 2.75) is 63.7 Å². The molecule has 0 spiro atoms. The molecule has 0 aromatic rings. The van der Waals surface area contributed by atoms with Gasteiger partial charge in [-0.25, -0.2) is 0 Å². The van der Waals surface area contributed by atoms with Crippen LogP contribution in [0.5, 0.6) is 0 Å². The van der Waals surface area contributed by atoms with Gasteiger partial charge in [0, 0.05) is 25.3 Å². The lowest BCUT2D eigenvalue weighted by Crippen LogP contribution is -2.33. The summed E-state index contributed by atoms with van der Waals surface area (Å²) in [6, 6.07) is 0. The fraction of sp³-hybridized carbons (Fsp3) is 0.857. The Balaban J connectivity index is 1.71. The van der Waals surface area contributed by atoms with Crippen LogP contribution in [0.1, 0.15) is 52.4 Å². The number of rotatable bonds is 11. The molecule has 122 valence electrons. The van der Waals surface area contributed by atoms with Gasteiger partial charge in [-0.05, 0) is 39.5 Å². The Morgan fingerprint density at radius 2 is 1.64 bits per heavy atom. The fourth-order valence-electron chi connectivity index (χ4n) is 2.33. The first-order valence-corrected chi connectivity index (χ1v) is 7.70. The Hall–Kier alpha value is -1.86. The molecule has 0 aromatic carbocycles. The normalized spacial score (nSPS) is 20.5. The van der Waals surface area contributed by atoms with E-state index in [2.05, 4.69) is 25.8 Å². The van der Waals surface area contributed by atoms with Crippen LogP contribution in [0.4, 0.5) is 0 Å². The molecule has 22 heavy (non-hydrogen) atoms. The zero-order valence-electron chi connectivity index (χ0n) is 13.1. The van der Waals surface area contributed by atoms with E-state index in [0.29, 0.717) is 25.8 Å². The van der Waals surface area contributed by atoms with Gasteiger partial charge >= 0.3 is 5.97 Å². The molecule has 0 radical (unpaired) electrons. The molecule has 1 amide bonds. The van der Waals surface area contributed by atoms with Gasteiger partial charge in [-0.1, -0.05) is 0 Å². The first kappa shape index (κ1) is 16.5. The summed E-state index contributed by atoms with van der Waals surface area (Å²) < 4.78 is 0. The SMILES string of the molecule is CC1(CCC[C@@H](CCC(=O)O)C(=O)NCCC2(C)N=N2)N=N1. The van der Waals surface area contributed by atoms with Gasteiger partial charge in [-0.15, -0.1) is 0 Å². The number of carboxylic acid groups (broad SMARTS) is 1. The molecule has 0 unspecified atom stereocenters. The van der Waals surface area contributed by atoms with Gasteiger partial charge in [0.25, 0.3) is 0 Å². The van der Waals surface area contributed by atoms with Gasteiger partial charge in [0.1, 0.15) is 0 Å². The van der Waals surface area contributed by atoms with Crippen LogP contribution in [0.3, 0.4) is 0 Å². The van der Waals surface area contributed by atoms with Gasteiger partial charge in [0.15, 0.2) is 11.3 Å². The number of amides is 1. The maximum Gasteiger partial charge on any atom is 0.303 e. The van der Waals surface area contributed by atoms with Crippen molar-refractivity contribution in [1.29, 1.82) is 0 Å². The predicted octanol–water partition coefficient (Wildman–Crippen LogP) is 2.51. The smallest absolute Gasteiger partial charge is 0.303 e.